The Balaban J connectivity index is 2.54. The Morgan fingerprint density at radius 1 is 0.833 bits per heavy atom. The van der Waals surface area contributed by atoms with Crippen molar-refractivity contribution in [1.29, 1.82) is 0 Å². The topological polar surface area (TPSA) is 48.0 Å². The molecule has 0 bridgehead atoms. The van der Waals surface area contributed by atoms with E-state index in [9.17, 15) is 0 Å². The fourth-order valence-electron chi connectivity index (χ4n) is 2.76. The molecule has 0 amide bonds. The van der Waals surface area contributed by atoms with Gasteiger partial charge in [0.1, 0.15) is 22.7 Å². The summed E-state index contributed by atoms with van der Waals surface area (Å²) >= 11 is 0. The van der Waals surface area contributed by atoms with Crippen LogP contribution in [0.5, 0.6) is 11.5 Å². The third-order valence-corrected chi connectivity index (χ3v) is 5.71. The van der Waals surface area contributed by atoms with Crippen LogP contribution in [0.2, 0.25) is 0 Å². The molecule has 0 fully saturated rings. The van der Waals surface area contributed by atoms with Crippen molar-refractivity contribution in [1.82, 2.24) is 0 Å². The molecule has 0 spiro atoms. The van der Waals surface area contributed by atoms with E-state index in [0.29, 0.717) is 0 Å². The maximum absolute atomic E-state index is 6.26. The standard InChI is InChI=1S/C18H22NO4P/c1-5-19(6-2)24-22-15-11-7-9-13(20-3)17(15)18-14(21-4)10-8-12-16(18)23-24/h7-12H,5-6H2,1-4H3. The Bertz CT molecular complexity index is 821. The summed E-state index contributed by atoms with van der Waals surface area (Å²) in [6.45, 7) is 5.90. The van der Waals surface area contributed by atoms with Crippen LogP contribution in [0.1, 0.15) is 13.8 Å². The maximum atomic E-state index is 6.26. The minimum absolute atomic E-state index is 0.734. The van der Waals surface area contributed by atoms with Crippen LogP contribution >= 0.6 is 8.16 Å². The molecule has 2 aromatic carbocycles. The molecule has 0 atom stereocenters. The van der Waals surface area contributed by atoms with Gasteiger partial charge in [-0.25, -0.2) is 4.67 Å². The lowest BCUT2D eigenvalue weighted by Crippen LogP contribution is -2.17. The molecule has 0 unspecified atom stereocenters. The second-order valence-corrected chi connectivity index (χ2v) is 6.63. The summed E-state index contributed by atoms with van der Waals surface area (Å²) in [5.74, 6) is 1.47. The SMILES string of the molecule is CCN(CC)p1oc2cccc(OC)c2c2c(OC)cccc2o1. The van der Waals surface area contributed by atoms with Gasteiger partial charge in [-0.2, -0.15) is 0 Å². The summed E-state index contributed by atoms with van der Waals surface area (Å²) in [5.41, 5.74) is 1.49. The molecule has 0 aliphatic carbocycles. The van der Waals surface area contributed by atoms with Crippen LogP contribution in [0.3, 0.4) is 0 Å². The van der Waals surface area contributed by atoms with Gasteiger partial charge in [-0.3, -0.25) is 0 Å². The molecule has 5 nitrogen and oxygen atoms in total. The summed E-state index contributed by atoms with van der Waals surface area (Å²) in [4.78, 5) is 0. The van der Waals surface area contributed by atoms with Gasteiger partial charge >= 0.3 is 8.16 Å². The first-order chi connectivity index (χ1) is 11.7. The number of methoxy groups -OCH3 is 2. The molecule has 0 saturated carbocycles. The molecular formula is C18H22NO4P. The monoisotopic (exact) mass is 347 g/mol. The van der Waals surface area contributed by atoms with E-state index in [-0.39, 0.29) is 0 Å². The van der Waals surface area contributed by atoms with Crippen LogP contribution in [0.15, 0.2) is 44.8 Å². The summed E-state index contributed by atoms with van der Waals surface area (Å²) in [5, 5.41) is 1.73. The van der Waals surface area contributed by atoms with Gasteiger partial charge in [-0.15, -0.1) is 0 Å². The first-order valence-electron chi connectivity index (χ1n) is 7.98. The van der Waals surface area contributed by atoms with Crippen molar-refractivity contribution in [2.45, 2.75) is 13.8 Å². The van der Waals surface area contributed by atoms with Gasteiger partial charge in [0.2, 0.25) is 0 Å². The number of hydrogen-bond acceptors (Lipinski definition) is 5. The highest BCUT2D eigenvalue weighted by Gasteiger charge is 2.16. The molecule has 3 rings (SSSR count). The molecule has 1 heterocycles. The summed E-state index contributed by atoms with van der Waals surface area (Å²) in [6, 6.07) is 11.6. The first-order valence-corrected chi connectivity index (χ1v) is 9.11. The Morgan fingerprint density at radius 2 is 1.29 bits per heavy atom. The van der Waals surface area contributed by atoms with E-state index < -0.39 is 8.16 Å². The normalized spacial score (nSPS) is 11.2. The molecule has 128 valence electrons. The van der Waals surface area contributed by atoms with Gasteiger partial charge in [0.25, 0.3) is 0 Å². The van der Waals surface area contributed by atoms with Gasteiger partial charge in [0.05, 0.1) is 25.0 Å². The molecule has 1 aromatic heterocycles. The van der Waals surface area contributed by atoms with E-state index in [0.717, 1.165) is 46.5 Å². The second-order valence-electron chi connectivity index (χ2n) is 5.23. The van der Waals surface area contributed by atoms with Crippen molar-refractivity contribution in [2.24, 2.45) is 0 Å². The number of nitrogens with zero attached hydrogens (tertiary/aromatic N) is 1. The predicted octanol–water partition coefficient (Wildman–Crippen LogP) is 5.29. The van der Waals surface area contributed by atoms with Crippen molar-refractivity contribution >= 4 is 30.1 Å². The van der Waals surface area contributed by atoms with E-state index in [2.05, 4.69) is 18.5 Å². The Hall–Kier alpha value is -2.10. The zero-order valence-corrected chi connectivity index (χ0v) is 15.3. The molecule has 0 aliphatic rings. The van der Waals surface area contributed by atoms with Gasteiger partial charge in [-0.05, 0) is 24.3 Å². The van der Waals surface area contributed by atoms with Gasteiger partial charge in [0, 0.05) is 13.1 Å². The van der Waals surface area contributed by atoms with Crippen molar-refractivity contribution in [3.05, 3.63) is 36.4 Å². The highest BCUT2D eigenvalue weighted by molar-refractivity contribution is 7.38. The van der Waals surface area contributed by atoms with Gasteiger partial charge in [0.15, 0.2) is 0 Å². The third kappa shape index (κ3) is 2.85. The predicted molar refractivity (Wildman–Crippen MR) is 98.7 cm³/mol. The summed E-state index contributed by atoms with van der Waals surface area (Å²) in [6.07, 6.45) is 0. The lowest BCUT2D eigenvalue weighted by Gasteiger charge is -2.12. The van der Waals surface area contributed by atoms with Crippen LogP contribution in [-0.4, -0.2) is 27.3 Å². The molecule has 0 N–H and O–H groups in total. The molecule has 24 heavy (non-hydrogen) atoms. The van der Waals surface area contributed by atoms with Crippen LogP contribution in [-0.2, 0) is 0 Å². The third-order valence-electron chi connectivity index (χ3n) is 3.98. The van der Waals surface area contributed by atoms with Crippen LogP contribution in [0, 0.1) is 0 Å². The average molecular weight is 347 g/mol. The molecule has 0 saturated heterocycles. The van der Waals surface area contributed by atoms with E-state index in [1.165, 1.54) is 0 Å². The van der Waals surface area contributed by atoms with Crippen LogP contribution in [0.25, 0.3) is 21.9 Å². The largest absolute Gasteiger partial charge is 0.496 e. The van der Waals surface area contributed by atoms with E-state index in [1.807, 2.05) is 36.4 Å². The zero-order valence-electron chi connectivity index (χ0n) is 14.4. The molecule has 3 aromatic rings. The lowest BCUT2D eigenvalue weighted by atomic mass is 10.1. The first kappa shape index (κ1) is 16.7. The molecule has 6 heteroatoms. The average Bonchev–Trinajstić information content (AvgIpc) is 2.79. The Labute approximate surface area is 142 Å². The lowest BCUT2D eigenvalue weighted by molar-refractivity contribution is 0.416. The minimum Gasteiger partial charge on any atom is -0.496 e. The number of ether oxygens (including phenoxy) is 2. The Morgan fingerprint density at radius 3 is 1.67 bits per heavy atom. The van der Waals surface area contributed by atoms with Crippen LogP contribution < -0.4 is 14.1 Å². The number of benzene rings is 2. The van der Waals surface area contributed by atoms with E-state index in [1.54, 1.807) is 14.2 Å². The maximum Gasteiger partial charge on any atom is 0.309 e. The highest BCUT2D eigenvalue weighted by Crippen LogP contribution is 2.42. The van der Waals surface area contributed by atoms with E-state index >= 15 is 0 Å². The highest BCUT2D eigenvalue weighted by atomic mass is 31.1. The van der Waals surface area contributed by atoms with Crippen molar-refractivity contribution < 1.29 is 17.9 Å². The fourth-order valence-corrected chi connectivity index (χ4v) is 4.13. The van der Waals surface area contributed by atoms with Gasteiger partial charge < -0.3 is 17.9 Å². The smallest absolute Gasteiger partial charge is 0.309 e. The van der Waals surface area contributed by atoms with Crippen LogP contribution in [0.4, 0.5) is 0 Å². The second kappa shape index (κ2) is 7.20. The van der Waals surface area contributed by atoms with E-state index in [4.69, 9.17) is 17.9 Å². The fraction of sp³-hybridized carbons (Fsp3) is 0.333. The summed E-state index contributed by atoms with van der Waals surface area (Å²) in [7, 11) is 2.07. The van der Waals surface area contributed by atoms with Crippen molar-refractivity contribution in [3.8, 4) is 11.5 Å². The molecular weight excluding hydrogens is 325 g/mol. The number of rotatable bonds is 5. The summed E-state index contributed by atoms with van der Waals surface area (Å²) < 4.78 is 25.8. The number of fused-ring (bicyclic) bond motifs is 3. The quantitative estimate of drug-likeness (QED) is 0.628. The minimum atomic E-state index is -1.25. The van der Waals surface area contributed by atoms with Crippen molar-refractivity contribution in [2.75, 3.05) is 32.0 Å². The number of hydrogen-bond donors (Lipinski definition) is 0. The van der Waals surface area contributed by atoms with Crippen molar-refractivity contribution in [3.63, 3.8) is 0 Å². The Kier molecular flexibility index (Phi) is 5.03. The van der Waals surface area contributed by atoms with Gasteiger partial charge in [-0.1, -0.05) is 26.0 Å². The molecule has 0 radical (unpaired) electrons. The zero-order chi connectivity index (χ0) is 17.1. The molecule has 0 aliphatic heterocycles.